The lowest BCUT2D eigenvalue weighted by atomic mass is 9.81. The molecule has 10 nitrogen and oxygen atoms in total. The van der Waals surface area contributed by atoms with E-state index in [9.17, 15) is 19.8 Å². The number of phenols is 2. The first-order chi connectivity index (χ1) is 23.1. The van der Waals surface area contributed by atoms with Crippen LogP contribution in [0.25, 0.3) is 0 Å². The van der Waals surface area contributed by atoms with Crippen LogP contribution in [0.15, 0.2) is 66.7 Å². The first kappa shape index (κ1) is 32.6. The Morgan fingerprint density at radius 1 is 0.875 bits per heavy atom. The summed E-state index contributed by atoms with van der Waals surface area (Å²) < 4.78 is 34.2. The fraction of sp³-hybridized carbons (Fsp3) is 0.316. The molecule has 3 heterocycles. The smallest absolute Gasteiger partial charge is 0.178 e. The van der Waals surface area contributed by atoms with E-state index < -0.39 is 5.92 Å². The molecular weight excluding hydrogens is 616 g/mol. The maximum absolute atomic E-state index is 13.5. The molecule has 0 spiro atoms. The van der Waals surface area contributed by atoms with Crippen molar-refractivity contribution in [1.82, 2.24) is 0 Å². The molecule has 0 fully saturated rings. The van der Waals surface area contributed by atoms with Gasteiger partial charge in [0.15, 0.2) is 23.1 Å². The van der Waals surface area contributed by atoms with Crippen molar-refractivity contribution >= 4 is 11.6 Å². The fourth-order valence-corrected chi connectivity index (χ4v) is 6.24. The van der Waals surface area contributed by atoms with Crippen molar-refractivity contribution < 1.29 is 48.2 Å². The summed E-state index contributed by atoms with van der Waals surface area (Å²) in [6.45, 7) is 4.58. The molecule has 0 radical (unpaired) electrons. The lowest BCUT2D eigenvalue weighted by Gasteiger charge is -2.37. The fourth-order valence-electron chi connectivity index (χ4n) is 6.24. The summed E-state index contributed by atoms with van der Waals surface area (Å²) in [6.07, 6.45) is 0.657. The number of ether oxygens (including phenoxy) is 6. The monoisotopic (exact) mass is 654 g/mol. The van der Waals surface area contributed by atoms with Crippen molar-refractivity contribution in [2.45, 2.75) is 44.8 Å². The topological polar surface area (TPSA) is 130 Å². The number of Topliss-reactive ketones (excluding diaryl/α,β-unsaturated/α-hetero) is 2. The second-order valence-electron chi connectivity index (χ2n) is 12.2. The third kappa shape index (κ3) is 6.17. The number of ketones is 2. The van der Waals surface area contributed by atoms with E-state index >= 15 is 0 Å². The molecule has 0 aliphatic carbocycles. The lowest BCUT2D eigenvalue weighted by Crippen LogP contribution is -2.43. The van der Waals surface area contributed by atoms with Gasteiger partial charge in [-0.2, -0.15) is 0 Å². The van der Waals surface area contributed by atoms with Crippen LogP contribution in [0.3, 0.4) is 0 Å². The van der Waals surface area contributed by atoms with Gasteiger partial charge in [0, 0.05) is 36.1 Å². The number of methoxy groups -OCH3 is 3. The van der Waals surface area contributed by atoms with Gasteiger partial charge >= 0.3 is 0 Å². The van der Waals surface area contributed by atoms with Crippen molar-refractivity contribution in [2.24, 2.45) is 5.92 Å². The minimum atomic E-state index is -0.438. The van der Waals surface area contributed by atoms with E-state index in [1.54, 1.807) is 51.7 Å². The zero-order valence-electron chi connectivity index (χ0n) is 27.4. The molecule has 0 saturated carbocycles. The Morgan fingerprint density at radius 2 is 1.60 bits per heavy atom. The van der Waals surface area contributed by atoms with Gasteiger partial charge in [-0.05, 0) is 53.9 Å². The normalized spacial score (nSPS) is 18.4. The highest BCUT2D eigenvalue weighted by atomic mass is 16.5. The minimum Gasteiger partial charge on any atom is -0.508 e. The van der Waals surface area contributed by atoms with Gasteiger partial charge in [0.05, 0.1) is 38.4 Å². The molecule has 0 saturated heterocycles. The summed E-state index contributed by atoms with van der Waals surface area (Å²) in [5, 5.41) is 18.8. The first-order valence-corrected chi connectivity index (χ1v) is 15.7. The van der Waals surface area contributed by atoms with Crippen LogP contribution >= 0.6 is 0 Å². The largest absolute Gasteiger partial charge is 0.508 e. The molecule has 4 aromatic rings. The van der Waals surface area contributed by atoms with Gasteiger partial charge in [-0.3, -0.25) is 9.59 Å². The Hall–Kier alpha value is -5.38. The van der Waals surface area contributed by atoms with Crippen LogP contribution in [-0.2, 0) is 12.8 Å². The standard InChI is InChI=1S/C23H24O6.C15H14O4/c1-11(2)16-8-14-15(28-16)6-5-12-22(24)21-13-7-18(25-3)19(26-4)9-17(13)27-10-20(21)29-23(12)14;1-19-12-5-2-10(3-6-12)8-14(17)13-7-4-11(16)9-15(13)18/h5-7,9,11,16,20-21H,8,10H2,1-4H3;2-7,9,16,18H,8H2,1H3. The average Bonchev–Trinajstić information content (AvgIpc) is 3.54. The molecule has 3 atom stereocenters. The molecule has 10 heteroatoms. The number of benzene rings is 4. The van der Waals surface area contributed by atoms with Gasteiger partial charge in [0.1, 0.15) is 53.3 Å². The summed E-state index contributed by atoms with van der Waals surface area (Å²) in [5.74, 6) is 3.48. The molecule has 3 unspecified atom stereocenters. The zero-order valence-corrected chi connectivity index (χ0v) is 27.4. The molecule has 4 aromatic carbocycles. The number of aromatic hydroxyl groups is 2. The van der Waals surface area contributed by atoms with Crippen molar-refractivity contribution in [3.05, 3.63) is 94.5 Å². The van der Waals surface area contributed by atoms with Crippen LogP contribution in [-0.4, -0.2) is 61.9 Å². The van der Waals surface area contributed by atoms with Crippen molar-refractivity contribution in [3.63, 3.8) is 0 Å². The first-order valence-electron chi connectivity index (χ1n) is 15.7. The Labute approximate surface area is 278 Å². The van der Waals surface area contributed by atoms with Crippen molar-refractivity contribution in [1.29, 1.82) is 0 Å². The zero-order chi connectivity index (χ0) is 34.1. The van der Waals surface area contributed by atoms with Crippen LogP contribution in [0.5, 0.6) is 46.0 Å². The molecule has 2 N–H and O–H groups in total. The van der Waals surface area contributed by atoms with E-state index in [1.807, 2.05) is 18.2 Å². The van der Waals surface area contributed by atoms with Gasteiger partial charge < -0.3 is 38.6 Å². The quantitative estimate of drug-likeness (QED) is 0.219. The predicted octanol–water partition coefficient (Wildman–Crippen LogP) is 6.32. The number of fused-ring (bicyclic) bond motifs is 6. The Balaban J connectivity index is 0.000000184. The molecule has 0 amide bonds. The summed E-state index contributed by atoms with van der Waals surface area (Å²) in [7, 11) is 4.73. The molecule has 48 heavy (non-hydrogen) atoms. The third-order valence-electron chi connectivity index (χ3n) is 8.89. The van der Waals surface area contributed by atoms with Crippen molar-refractivity contribution in [2.75, 3.05) is 27.9 Å². The molecule has 250 valence electrons. The van der Waals surface area contributed by atoms with Gasteiger partial charge in [-0.15, -0.1) is 0 Å². The molecule has 7 rings (SSSR count). The van der Waals surface area contributed by atoms with Gasteiger partial charge in [-0.25, -0.2) is 0 Å². The number of phenolic OH excluding ortho intramolecular Hbond substituents is 2. The van der Waals surface area contributed by atoms with E-state index in [-0.39, 0.29) is 47.3 Å². The molecule has 0 bridgehead atoms. The van der Waals surface area contributed by atoms with Gasteiger partial charge in [0.2, 0.25) is 0 Å². The van der Waals surface area contributed by atoms with Crippen LogP contribution in [0.1, 0.15) is 57.2 Å². The Bertz CT molecular complexity index is 1850. The maximum Gasteiger partial charge on any atom is 0.178 e. The Morgan fingerprint density at radius 3 is 2.27 bits per heavy atom. The van der Waals surface area contributed by atoms with Crippen molar-refractivity contribution in [3.8, 4) is 46.0 Å². The number of hydrogen-bond acceptors (Lipinski definition) is 10. The number of rotatable bonds is 7. The second-order valence-corrected chi connectivity index (χ2v) is 12.2. The lowest BCUT2D eigenvalue weighted by molar-refractivity contribution is 0.0554. The summed E-state index contributed by atoms with van der Waals surface area (Å²) in [6, 6.07) is 18.4. The minimum absolute atomic E-state index is 0.0452. The number of hydrogen-bond donors (Lipinski definition) is 2. The van der Waals surface area contributed by atoms with Gasteiger partial charge in [0.25, 0.3) is 0 Å². The third-order valence-corrected chi connectivity index (χ3v) is 8.89. The van der Waals surface area contributed by atoms with E-state index in [4.69, 9.17) is 28.4 Å². The van der Waals surface area contributed by atoms with Gasteiger partial charge in [-0.1, -0.05) is 26.0 Å². The summed E-state index contributed by atoms with van der Waals surface area (Å²) in [5.41, 5.74) is 3.41. The number of carbonyl (C=O) groups excluding carboxylic acids is 2. The van der Waals surface area contributed by atoms with E-state index in [0.717, 1.165) is 40.7 Å². The van der Waals surface area contributed by atoms with Crippen LogP contribution in [0.2, 0.25) is 0 Å². The van der Waals surface area contributed by atoms with Crippen LogP contribution < -0.4 is 28.4 Å². The highest BCUT2D eigenvalue weighted by Crippen LogP contribution is 2.50. The van der Waals surface area contributed by atoms with Crippen LogP contribution in [0, 0.1) is 5.92 Å². The predicted molar refractivity (Wildman–Crippen MR) is 177 cm³/mol. The molecule has 3 aliphatic heterocycles. The highest BCUT2D eigenvalue weighted by molar-refractivity contribution is 6.06. The number of carbonyl (C=O) groups is 2. The highest BCUT2D eigenvalue weighted by Gasteiger charge is 2.45. The molecule has 3 aliphatic rings. The Kier molecular flexibility index (Phi) is 9.08. The second kappa shape index (κ2) is 13.4. The van der Waals surface area contributed by atoms with Crippen LogP contribution in [0.4, 0.5) is 0 Å². The average molecular weight is 655 g/mol. The molecule has 0 aromatic heterocycles. The van der Waals surface area contributed by atoms with E-state index in [1.165, 1.54) is 12.1 Å². The summed E-state index contributed by atoms with van der Waals surface area (Å²) >= 11 is 0. The van der Waals surface area contributed by atoms with E-state index in [2.05, 4.69) is 13.8 Å². The van der Waals surface area contributed by atoms with E-state index in [0.29, 0.717) is 41.1 Å². The summed E-state index contributed by atoms with van der Waals surface area (Å²) in [4.78, 5) is 25.6. The SMILES string of the molecule is COc1cc2c(cc1OC)C1C(=O)c3ccc4c(c3OC1CO2)CC(C(C)C)O4.COc1ccc(CC(=O)c2ccc(O)cc2O)cc1. The maximum atomic E-state index is 13.5. The molecular formula is C38H38O10.